The summed E-state index contributed by atoms with van der Waals surface area (Å²) >= 11 is 1.65. The van der Waals surface area contributed by atoms with Crippen LogP contribution in [0.4, 0.5) is 5.82 Å². The zero-order chi connectivity index (χ0) is 18.1. The van der Waals surface area contributed by atoms with Crippen molar-refractivity contribution in [2.75, 3.05) is 25.0 Å². The van der Waals surface area contributed by atoms with Crippen LogP contribution in [0.25, 0.3) is 32.5 Å². The highest BCUT2D eigenvalue weighted by atomic mass is 35.5. The van der Waals surface area contributed by atoms with Gasteiger partial charge in [-0.05, 0) is 50.0 Å². The summed E-state index contributed by atoms with van der Waals surface area (Å²) in [6.45, 7) is 3.06. The SMILES string of the molecule is Cl.c1cnc2c(NC[C@H]3CCCNC3)nc(-c3ccc4scnc4c3)cc2n1. The van der Waals surface area contributed by atoms with Crippen LogP contribution >= 0.6 is 23.7 Å². The Balaban J connectivity index is 0.00000192. The Labute approximate surface area is 173 Å². The predicted octanol–water partition coefficient (Wildman–Crippen LogP) is 4.13. The van der Waals surface area contributed by atoms with Crippen molar-refractivity contribution < 1.29 is 0 Å². The summed E-state index contributed by atoms with van der Waals surface area (Å²) in [5.74, 6) is 1.42. The van der Waals surface area contributed by atoms with Gasteiger partial charge in [0, 0.05) is 24.5 Å². The van der Waals surface area contributed by atoms with E-state index in [1.54, 1.807) is 23.7 Å². The average Bonchev–Trinajstić information content (AvgIpc) is 3.20. The van der Waals surface area contributed by atoms with Crippen molar-refractivity contribution in [2.24, 2.45) is 5.92 Å². The van der Waals surface area contributed by atoms with Crippen LogP contribution in [0, 0.1) is 5.92 Å². The molecule has 4 heterocycles. The molecule has 1 aliphatic heterocycles. The fourth-order valence-corrected chi connectivity index (χ4v) is 4.26. The number of benzene rings is 1. The molecule has 1 aliphatic rings. The molecule has 5 rings (SSSR count). The molecular weight excluding hydrogens is 392 g/mol. The lowest BCUT2D eigenvalue weighted by Crippen LogP contribution is -2.33. The second-order valence-corrected chi connectivity index (χ2v) is 7.79. The molecule has 0 saturated carbocycles. The van der Waals surface area contributed by atoms with E-state index >= 15 is 0 Å². The van der Waals surface area contributed by atoms with Crippen LogP contribution in [-0.2, 0) is 0 Å². The molecule has 28 heavy (non-hydrogen) atoms. The Bertz CT molecular complexity index is 1090. The van der Waals surface area contributed by atoms with Crippen LogP contribution < -0.4 is 10.6 Å². The highest BCUT2D eigenvalue weighted by Crippen LogP contribution is 2.29. The molecule has 0 spiro atoms. The molecule has 1 aromatic carbocycles. The van der Waals surface area contributed by atoms with E-state index in [9.17, 15) is 0 Å². The van der Waals surface area contributed by atoms with Crippen molar-refractivity contribution >= 4 is 50.8 Å². The summed E-state index contributed by atoms with van der Waals surface area (Å²) in [6, 6.07) is 8.29. The van der Waals surface area contributed by atoms with Crippen LogP contribution in [0.2, 0.25) is 0 Å². The van der Waals surface area contributed by atoms with Gasteiger partial charge in [-0.1, -0.05) is 6.07 Å². The highest BCUT2D eigenvalue weighted by Gasteiger charge is 2.15. The first-order valence-electron chi connectivity index (χ1n) is 9.27. The predicted molar refractivity (Wildman–Crippen MR) is 117 cm³/mol. The van der Waals surface area contributed by atoms with Gasteiger partial charge in [0.1, 0.15) is 5.52 Å². The minimum Gasteiger partial charge on any atom is -0.368 e. The van der Waals surface area contributed by atoms with Crippen LogP contribution in [0.1, 0.15) is 12.8 Å². The fraction of sp³-hybridized carbons (Fsp3) is 0.300. The molecule has 1 saturated heterocycles. The van der Waals surface area contributed by atoms with E-state index in [4.69, 9.17) is 4.98 Å². The molecule has 0 unspecified atom stereocenters. The third-order valence-corrected chi connectivity index (χ3v) is 5.85. The number of thiazole rings is 1. The summed E-state index contributed by atoms with van der Waals surface area (Å²) in [6.07, 6.45) is 5.92. The van der Waals surface area contributed by atoms with E-state index in [2.05, 4.69) is 43.8 Å². The smallest absolute Gasteiger partial charge is 0.154 e. The zero-order valence-electron chi connectivity index (χ0n) is 15.3. The van der Waals surface area contributed by atoms with Crippen LogP contribution in [0.15, 0.2) is 42.2 Å². The van der Waals surface area contributed by atoms with E-state index in [1.807, 2.05) is 11.6 Å². The second-order valence-electron chi connectivity index (χ2n) is 6.91. The lowest BCUT2D eigenvalue weighted by Gasteiger charge is -2.23. The third-order valence-electron chi connectivity index (χ3n) is 5.04. The summed E-state index contributed by atoms with van der Waals surface area (Å²) < 4.78 is 1.18. The van der Waals surface area contributed by atoms with Gasteiger partial charge in [-0.15, -0.1) is 23.7 Å². The quantitative estimate of drug-likeness (QED) is 0.524. The van der Waals surface area contributed by atoms with E-state index in [-0.39, 0.29) is 12.4 Å². The molecule has 6 nitrogen and oxygen atoms in total. The number of piperidine rings is 1. The normalized spacial score (nSPS) is 16.8. The Morgan fingerprint density at radius 1 is 1.11 bits per heavy atom. The zero-order valence-corrected chi connectivity index (χ0v) is 16.9. The molecule has 2 N–H and O–H groups in total. The third kappa shape index (κ3) is 3.78. The molecule has 144 valence electrons. The van der Waals surface area contributed by atoms with Crippen molar-refractivity contribution in [1.29, 1.82) is 0 Å². The van der Waals surface area contributed by atoms with E-state index in [1.165, 1.54) is 17.5 Å². The lowest BCUT2D eigenvalue weighted by atomic mass is 10.00. The number of hydrogen-bond acceptors (Lipinski definition) is 7. The molecule has 0 radical (unpaired) electrons. The number of halogens is 1. The first-order chi connectivity index (χ1) is 13.4. The van der Waals surface area contributed by atoms with Gasteiger partial charge in [-0.3, -0.25) is 4.98 Å². The van der Waals surface area contributed by atoms with Gasteiger partial charge < -0.3 is 10.6 Å². The van der Waals surface area contributed by atoms with E-state index in [0.717, 1.165) is 53.3 Å². The molecule has 0 aliphatic carbocycles. The van der Waals surface area contributed by atoms with Gasteiger partial charge in [0.25, 0.3) is 0 Å². The largest absolute Gasteiger partial charge is 0.368 e. The lowest BCUT2D eigenvalue weighted by molar-refractivity contribution is 0.392. The molecular formula is C20H21ClN6S. The van der Waals surface area contributed by atoms with E-state index in [0.29, 0.717) is 5.92 Å². The van der Waals surface area contributed by atoms with Gasteiger partial charge in [-0.2, -0.15) is 0 Å². The Morgan fingerprint density at radius 3 is 2.93 bits per heavy atom. The number of pyridine rings is 1. The summed E-state index contributed by atoms with van der Waals surface area (Å²) in [5, 5.41) is 7.00. The topological polar surface area (TPSA) is 75.6 Å². The van der Waals surface area contributed by atoms with Crippen molar-refractivity contribution in [1.82, 2.24) is 25.3 Å². The fourth-order valence-electron chi connectivity index (χ4n) is 3.60. The van der Waals surface area contributed by atoms with Crippen molar-refractivity contribution in [3.05, 3.63) is 42.2 Å². The Hall–Kier alpha value is -2.35. The summed E-state index contributed by atoms with van der Waals surface area (Å²) in [4.78, 5) is 18.3. The number of aromatic nitrogens is 4. The molecule has 1 atom stereocenters. The van der Waals surface area contributed by atoms with Gasteiger partial charge >= 0.3 is 0 Å². The molecule has 8 heteroatoms. The molecule has 4 aromatic rings. The maximum absolute atomic E-state index is 4.89. The first kappa shape index (κ1) is 19.0. The Morgan fingerprint density at radius 2 is 2.04 bits per heavy atom. The first-order valence-corrected chi connectivity index (χ1v) is 10.1. The minimum absolute atomic E-state index is 0. The van der Waals surface area contributed by atoms with Gasteiger partial charge in [0.05, 0.1) is 26.9 Å². The number of fused-ring (bicyclic) bond motifs is 2. The maximum atomic E-state index is 4.89. The van der Waals surface area contributed by atoms with Gasteiger partial charge in [0.15, 0.2) is 5.82 Å². The van der Waals surface area contributed by atoms with Crippen molar-refractivity contribution in [3.63, 3.8) is 0 Å². The van der Waals surface area contributed by atoms with Crippen LogP contribution in [-0.4, -0.2) is 39.6 Å². The molecule has 1 fully saturated rings. The van der Waals surface area contributed by atoms with Crippen molar-refractivity contribution in [3.8, 4) is 11.3 Å². The average molecular weight is 413 g/mol. The minimum atomic E-state index is 0. The maximum Gasteiger partial charge on any atom is 0.154 e. The number of nitrogens with zero attached hydrogens (tertiary/aromatic N) is 4. The van der Waals surface area contributed by atoms with Crippen molar-refractivity contribution in [2.45, 2.75) is 12.8 Å². The highest BCUT2D eigenvalue weighted by molar-refractivity contribution is 7.16. The summed E-state index contributed by atoms with van der Waals surface area (Å²) in [7, 11) is 0. The standard InChI is InChI=1S/C20H20N6S.ClH/c1-2-13(10-21-5-1)11-24-20-19-17(22-6-7-23-19)9-15(26-20)14-3-4-18-16(8-14)25-12-27-18;/h3-4,6-9,12-13,21H,1-2,5,10-11H2,(H,24,26);1H/t13-;/m0./s1. The number of nitrogens with one attached hydrogen (secondary N) is 2. The van der Waals surface area contributed by atoms with Crippen LogP contribution in [0.5, 0.6) is 0 Å². The number of anilines is 1. The molecule has 0 bridgehead atoms. The number of rotatable bonds is 4. The Kier molecular flexibility index (Phi) is 5.66. The van der Waals surface area contributed by atoms with Crippen LogP contribution in [0.3, 0.4) is 0 Å². The van der Waals surface area contributed by atoms with E-state index < -0.39 is 0 Å². The van der Waals surface area contributed by atoms with Gasteiger partial charge in [-0.25, -0.2) is 15.0 Å². The van der Waals surface area contributed by atoms with Gasteiger partial charge in [0.2, 0.25) is 0 Å². The monoisotopic (exact) mass is 412 g/mol. The molecule has 0 amide bonds. The number of hydrogen-bond donors (Lipinski definition) is 2. The molecule has 3 aromatic heterocycles. The second kappa shape index (κ2) is 8.34. The summed E-state index contributed by atoms with van der Waals surface area (Å²) in [5.41, 5.74) is 6.48.